The molecular weight excluding hydrogens is 327 g/mol. The summed E-state index contributed by atoms with van der Waals surface area (Å²) in [4.78, 5) is 24.6. The molecule has 1 heterocycles. The molecule has 2 N–H and O–H groups in total. The van der Waals surface area contributed by atoms with Gasteiger partial charge in [0.05, 0.1) is 25.8 Å². The first-order chi connectivity index (χ1) is 12.0. The Morgan fingerprint density at radius 1 is 1.20 bits per heavy atom. The fourth-order valence-corrected chi connectivity index (χ4v) is 2.80. The third-order valence-corrected chi connectivity index (χ3v) is 4.04. The van der Waals surface area contributed by atoms with E-state index in [1.54, 1.807) is 18.2 Å². The van der Waals surface area contributed by atoms with E-state index < -0.39 is 11.7 Å². The third-order valence-electron chi connectivity index (χ3n) is 4.04. The number of ether oxygens (including phenoxy) is 2. The standard InChI is InChI=1S/C18H17FN2O4/c1-24-11-4-6-16(25-2)15(8-11)21-18(23)13-9-17(22)20-14-7-10(19)3-5-12(13)14/h3-8,13H,9H2,1-2H3,(H,20,22)(H,21,23). The van der Waals surface area contributed by atoms with Crippen LogP contribution in [-0.4, -0.2) is 26.0 Å². The number of halogens is 1. The van der Waals surface area contributed by atoms with Gasteiger partial charge in [-0.1, -0.05) is 6.07 Å². The van der Waals surface area contributed by atoms with Crippen molar-refractivity contribution in [1.29, 1.82) is 0 Å². The first-order valence-electron chi connectivity index (χ1n) is 7.64. The molecule has 0 saturated carbocycles. The van der Waals surface area contributed by atoms with E-state index in [1.807, 2.05) is 0 Å². The lowest BCUT2D eigenvalue weighted by Crippen LogP contribution is -2.31. The third kappa shape index (κ3) is 3.40. The fraction of sp³-hybridized carbons (Fsp3) is 0.222. The average molecular weight is 344 g/mol. The Hall–Kier alpha value is -3.09. The molecule has 25 heavy (non-hydrogen) atoms. The van der Waals surface area contributed by atoms with Gasteiger partial charge in [-0.15, -0.1) is 0 Å². The van der Waals surface area contributed by atoms with E-state index in [0.717, 1.165) is 0 Å². The number of carbonyl (C=O) groups excluding carboxylic acids is 2. The van der Waals surface area contributed by atoms with E-state index in [0.29, 0.717) is 28.4 Å². The fourth-order valence-electron chi connectivity index (χ4n) is 2.80. The number of hydrogen-bond donors (Lipinski definition) is 2. The number of methoxy groups -OCH3 is 2. The van der Waals surface area contributed by atoms with Crippen molar-refractivity contribution in [2.45, 2.75) is 12.3 Å². The SMILES string of the molecule is COc1ccc(OC)c(NC(=O)C2CC(=O)Nc3cc(F)ccc32)c1. The van der Waals surface area contributed by atoms with Crippen LogP contribution in [0.3, 0.4) is 0 Å². The molecule has 3 rings (SSSR count). The largest absolute Gasteiger partial charge is 0.497 e. The highest BCUT2D eigenvalue weighted by atomic mass is 19.1. The summed E-state index contributed by atoms with van der Waals surface area (Å²) >= 11 is 0. The molecule has 0 fully saturated rings. The number of amides is 2. The second-order valence-electron chi connectivity index (χ2n) is 5.59. The number of nitrogens with one attached hydrogen (secondary N) is 2. The van der Waals surface area contributed by atoms with Crippen molar-refractivity contribution in [1.82, 2.24) is 0 Å². The predicted octanol–water partition coefficient (Wildman–Crippen LogP) is 2.91. The molecule has 7 heteroatoms. The molecular formula is C18H17FN2O4. The number of anilines is 2. The van der Waals surface area contributed by atoms with Gasteiger partial charge in [-0.2, -0.15) is 0 Å². The zero-order valence-electron chi connectivity index (χ0n) is 13.8. The molecule has 130 valence electrons. The van der Waals surface area contributed by atoms with Gasteiger partial charge in [0.25, 0.3) is 0 Å². The van der Waals surface area contributed by atoms with Crippen molar-refractivity contribution in [3.63, 3.8) is 0 Å². The van der Waals surface area contributed by atoms with E-state index >= 15 is 0 Å². The Morgan fingerprint density at radius 2 is 2.00 bits per heavy atom. The normalized spacial score (nSPS) is 15.8. The van der Waals surface area contributed by atoms with Crippen molar-refractivity contribution < 1.29 is 23.5 Å². The summed E-state index contributed by atoms with van der Waals surface area (Å²) in [6, 6.07) is 9.00. The van der Waals surface area contributed by atoms with Gasteiger partial charge >= 0.3 is 0 Å². The summed E-state index contributed by atoms with van der Waals surface area (Å²) in [5.74, 6) is -0.895. The maximum atomic E-state index is 13.4. The van der Waals surface area contributed by atoms with Crippen LogP contribution in [0.5, 0.6) is 11.5 Å². The van der Waals surface area contributed by atoms with E-state index in [2.05, 4.69) is 10.6 Å². The average Bonchev–Trinajstić information content (AvgIpc) is 2.60. The Labute approximate surface area is 143 Å². The molecule has 0 spiro atoms. The highest BCUT2D eigenvalue weighted by molar-refractivity contribution is 6.05. The summed E-state index contributed by atoms with van der Waals surface area (Å²) in [6.07, 6.45) is -0.0171. The minimum absolute atomic E-state index is 0.0171. The topological polar surface area (TPSA) is 76.7 Å². The molecule has 0 bridgehead atoms. The molecule has 2 amide bonds. The summed E-state index contributed by atoms with van der Waals surface area (Å²) < 4.78 is 23.8. The van der Waals surface area contributed by atoms with Gasteiger partial charge in [0.2, 0.25) is 11.8 Å². The zero-order valence-corrected chi connectivity index (χ0v) is 13.8. The Balaban J connectivity index is 1.91. The van der Waals surface area contributed by atoms with Crippen LogP contribution in [0.2, 0.25) is 0 Å². The molecule has 0 aliphatic carbocycles. The quantitative estimate of drug-likeness (QED) is 0.894. The lowest BCUT2D eigenvalue weighted by atomic mass is 9.89. The zero-order chi connectivity index (χ0) is 18.0. The van der Waals surface area contributed by atoms with Crippen LogP contribution in [0.4, 0.5) is 15.8 Å². The van der Waals surface area contributed by atoms with Crippen LogP contribution in [0, 0.1) is 5.82 Å². The Kier molecular flexibility index (Phi) is 4.56. The number of rotatable bonds is 4. The molecule has 0 saturated heterocycles. The first kappa shape index (κ1) is 16.8. The number of fused-ring (bicyclic) bond motifs is 1. The van der Waals surface area contributed by atoms with Crippen molar-refractivity contribution in [2.75, 3.05) is 24.9 Å². The lowest BCUT2D eigenvalue weighted by molar-refractivity contribution is -0.123. The van der Waals surface area contributed by atoms with Gasteiger partial charge in [0.15, 0.2) is 0 Å². The number of hydrogen-bond acceptors (Lipinski definition) is 4. The van der Waals surface area contributed by atoms with Gasteiger partial charge in [-0.05, 0) is 29.8 Å². The highest BCUT2D eigenvalue weighted by Gasteiger charge is 2.31. The van der Waals surface area contributed by atoms with Gasteiger partial charge in [-0.3, -0.25) is 9.59 Å². The molecule has 1 unspecified atom stereocenters. The van der Waals surface area contributed by atoms with Crippen LogP contribution in [0.25, 0.3) is 0 Å². The summed E-state index contributed by atoms with van der Waals surface area (Å²) in [6.45, 7) is 0. The van der Waals surface area contributed by atoms with Gasteiger partial charge in [-0.25, -0.2) is 4.39 Å². The summed E-state index contributed by atoms with van der Waals surface area (Å²) in [5.41, 5.74) is 1.32. The van der Waals surface area contributed by atoms with Crippen LogP contribution < -0.4 is 20.1 Å². The Morgan fingerprint density at radius 3 is 2.72 bits per heavy atom. The van der Waals surface area contributed by atoms with Crippen LogP contribution in [0.15, 0.2) is 36.4 Å². The van der Waals surface area contributed by atoms with Crippen LogP contribution in [0.1, 0.15) is 17.9 Å². The predicted molar refractivity (Wildman–Crippen MR) is 90.6 cm³/mol. The molecule has 1 atom stereocenters. The second kappa shape index (κ2) is 6.80. The molecule has 0 radical (unpaired) electrons. The van der Waals surface area contributed by atoms with Crippen molar-refractivity contribution in [3.8, 4) is 11.5 Å². The minimum Gasteiger partial charge on any atom is -0.497 e. The number of benzene rings is 2. The first-order valence-corrected chi connectivity index (χ1v) is 7.64. The van der Waals surface area contributed by atoms with E-state index in [9.17, 15) is 14.0 Å². The van der Waals surface area contributed by atoms with Gasteiger partial charge < -0.3 is 20.1 Å². The van der Waals surface area contributed by atoms with Gasteiger partial charge in [0.1, 0.15) is 17.3 Å². The molecule has 2 aromatic rings. The van der Waals surface area contributed by atoms with Crippen LogP contribution in [-0.2, 0) is 9.59 Å². The highest BCUT2D eigenvalue weighted by Crippen LogP contribution is 2.35. The maximum Gasteiger partial charge on any atom is 0.232 e. The van der Waals surface area contributed by atoms with Crippen molar-refractivity contribution >= 4 is 23.2 Å². The molecule has 1 aliphatic rings. The monoisotopic (exact) mass is 344 g/mol. The Bertz CT molecular complexity index is 838. The van der Waals surface area contributed by atoms with E-state index in [-0.39, 0.29) is 18.2 Å². The van der Waals surface area contributed by atoms with E-state index in [1.165, 1.54) is 32.4 Å². The summed E-state index contributed by atoms with van der Waals surface area (Å²) in [7, 11) is 3.01. The van der Waals surface area contributed by atoms with Crippen molar-refractivity contribution in [2.24, 2.45) is 0 Å². The molecule has 6 nitrogen and oxygen atoms in total. The minimum atomic E-state index is -0.722. The lowest BCUT2D eigenvalue weighted by Gasteiger charge is -2.25. The molecule has 2 aromatic carbocycles. The maximum absolute atomic E-state index is 13.4. The van der Waals surface area contributed by atoms with Crippen LogP contribution >= 0.6 is 0 Å². The number of carbonyl (C=O) groups is 2. The molecule has 1 aliphatic heterocycles. The smallest absolute Gasteiger partial charge is 0.232 e. The van der Waals surface area contributed by atoms with Crippen molar-refractivity contribution in [3.05, 3.63) is 47.8 Å². The summed E-state index contributed by atoms with van der Waals surface area (Å²) in [5, 5.41) is 5.35. The molecule has 0 aromatic heterocycles. The second-order valence-corrected chi connectivity index (χ2v) is 5.59. The van der Waals surface area contributed by atoms with E-state index in [4.69, 9.17) is 9.47 Å². The van der Waals surface area contributed by atoms with Gasteiger partial charge in [0, 0.05) is 18.2 Å².